The van der Waals surface area contributed by atoms with Gasteiger partial charge in [0.2, 0.25) is 0 Å². The maximum Gasteiger partial charge on any atom is 0.119 e. The molecule has 0 amide bonds. The van der Waals surface area contributed by atoms with Gasteiger partial charge < -0.3 is 14.4 Å². The van der Waals surface area contributed by atoms with Crippen LogP contribution in [0.3, 0.4) is 0 Å². The lowest BCUT2D eigenvalue weighted by Gasteiger charge is -2.13. The third kappa shape index (κ3) is 2.81. The molecule has 0 aliphatic carbocycles. The quantitative estimate of drug-likeness (QED) is 0.773. The first-order chi connectivity index (χ1) is 9.83. The number of hydrogen-bond acceptors (Lipinski definition) is 3. The van der Waals surface area contributed by atoms with E-state index in [1.54, 1.807) is 6.33 Å². The SMILES string of the molecule is O[C@H](COc1ccccc1)Cn1cnc2ccccc21. The van der Waals surface area contributed by atoms with Crippen LogP contribution in [0.1, 0.15) is 0 Å². The molecule has 0 aliphatic rings. The standard InChI is InChI=1S/C16H16N2O2/c19-13(11-20-14-6-2-1-3-7-14)10-18-12-17-15-8-4-5-9-16(15)18/h1-9,12-13,19H,10-11H2/t13-/m0/s1. The maximum atomic E-state index is 10.1. The number of aliphatic hydroxyl groups is 1. The fourth-order valence-electron chi connectivity index (χ4n) is 2.14. The van der Waals surface area contributed by atoms with E-state index in [1.165, 1.54) is 0 Å². The Morgan fingerprint density at radius 2 is 1.80 bits per heavy atom. The lowest BCUT2D eigenvalue weighted by atomic mass is 10.3. The van der Waals surface area contributed by atoms with Crippen LogP contribution in [0.5, 0.6) is 5.75 Å². The average Bonchev–Trinajstić information content (AvgIpc) is 2.90. The average molecular weight is 268 g/mol. The van der Waals surface area contributed by atoms with Crippen LogP contribution < -0.4 is 4.74 Å². The Bertz CT molecular complexity index is 679. The number of ether oxygens (including phenoxy) is 1. The van der Waals surface area contributed by atoms with Crippen LogP contribution in [0.4, 0.5) is 0 Å². The van der Waals surface area contributed by atoms with Crippen molar-refractivity contribution in [3.05, 3.63) is 60.9 Å². The van der Waals surface area contributed by atoms with Crippen LogP contribution >= 0.6 is 0 Å². The molecule has 102 valence electrons. The second-order valence-electron chi connectivity index (χ2n) is 4.66. The Morgan fingerprint density at radius 1 is 1.05 bits per heavy atom. The number of rotatable bonds is 5. The van der Waals surface area contributed by atoms with Gasteiger partial charge >= 0.3 is 0 Å². The maximum absolute atomic E-state index is 10.1. The van der Waals surface area contributed by atoms with E-state index in [1.807, 2.05) is 59.2 Å². The van der Waals surface area contributed by atoms with Gasteiger partial charge in [0.05, 0.1) is 23.9 Å². The lowest BCUT2D eigenvalue weighted by molar-refractivity contribution is 0.0934. The van der Waals surface area contributed by atoms with Crippen molar-refractivity contribution in [2.24, 2.45) is 0 Å². The highest BCUT2D eigenvalue weighted by molar-refractivity contribution is 5.74. The van der Waals surface area contributed by atoms with E-state index in [9.17, 15) is 5.11 Å². The Kier molecular flexibility index (Phi) is 3.65. The zero-order valence-electron chi connectivity index (χ0n) is 11.0. The van der Waals surface area contributed by atoms with Gasteiger partial charge in [-0.25, -0.2) is 4.98 Å². The second kappa shape index (κ2) is 5.75. The van der Waals surface area contributed by atoms with Crippen molar-refractivity contribution in [1.29, 1.82) is 0 Å². The Balaban J connectivity index is 1.63. The molecule has 20 heavy (non-hydrogen) atoms. The van der Waals surface area contributed by atoms with Crippen molar-refractivity contribution in [1.82, 2.24) is 9.55 Å². The molecule has 3 rings (SSSR count). The summed E-state index contributed by atoms with van der Waals surface area (Å²) in [6, 6.07) is 17.4. The number of nitrogens with zero attached hydrogens (tertiary/aromatic N) is 2. The van der Waals surface area contributed by atoms with Crippen molar-refractivity contribution < 1.29 is 9.84 Å². The number of imidazole rings is 1. The van der Waals surface area contributed by atoms with Crippen LogP contribution in [0.2, 0.25) is 0 Å². The fraction of sp³-hybridized carbons (Fsp3) is 0.188. The lowest BCUT2D eigenvalue weighted by Crippen LogP contribution is -2.23. The molecule has 0 saturated heterocycles. The molecule has 3 aromatic rings. The van der Waals surface area contributed by atoms with E-state index in [2.05, 4.69) is 4.98 Å². The Labute approximate surface area is 117 Å². The highest BCUT2D eigenvalue weighted by atomic mass is 16.5. The minimum atomic E-state index is -0.576. The van der Waals surface area contributed by atoms with Gasteiger partial charge in [-0.05, 0) is 24.3 Å². The minimum Gasteiger partial charge on any atom is -0.491 e. The molecule has 1 heterocycles. The first-order valence-corrected chi connectivity index (χ1v) is 6.59. The highest BCUT2D eigenvalue weighted by Gasteiger charge is 2.09. The van der Waals surface area contributed by atoms with Crippen LogP contribution in [0.25, 0.3) is 11.0 Å². The molecule has 0 unspecified atom stereocenters. The van der Waals surface area contributed by atoms with E-state index in [-0.39, 0.29) is 6.61 Å². The van der Waals surface area contributed by atoms with Gasteiger partial charge in [-0.2, -0.15) is 0 Å². The first kappa shape index (κ1) is 12.7. The number of benzene rings is 2. The van der Waals surface area contributed by atoms with Gasteiger partial charge in [0.1, 0.15) is 18.5 Å². The summed E-state index contributed by atoms with van der Waals surface area (Å²) < 4.78 is 7.48. The number of fused-ring (bicyclic) bond motifs is 1. The molecule has 1 N–H and O–H groups in total. The third-order valence-corrected chi connectivity index (χ3v) is 3.12. The molecule has 0 radical (unpaired) electrons. The summed E-state index contributed by atoms with van der Waals surface area (Å²) in [4.78, 5) is 4.30. The summed E-state index contributed by atoms with van der Waals surface area (Å²) in [5.74, 6) is 0.766. The molecule has 4 heteroatoms. The van der Waals surface area contributed by atoms with Gasteiger partial charge in [-0.3, -0.25) is 0 Å². The Hall–Kier alpha value is -2.33. The normalized spacial score (nSPS) is 12.4. The molecule has 1 atom stereocenters. The first-order valence-electron chi connectivity index (χ1n) is 6.59. The third-order valence-electron chi connectivity index (χ3n) is 3.12. The predicted molar refractivity (Wildman–Crippen MR) is 77.7 cm³/mol. The van der Waals surface area contributed by atoms with Crippen molar-refractivity contribution in [3.63, 3.8) is 0 Å². The monoisotopic (exact) mass is 268 g/mol. The van der Waals surface area contributed by atoms with E-state index in [0.29, 0.717) is 6.54 Å². The van der Waals surface area contributed by atoms with Crippen LogP contribution in [-0.4, -0.2) is 27.4 Å². The highest BCUT2D eigenvalue weighted by Crippen LogP contribution is 2.13. The van der Waals surface area contributed by atoms with E-state index in [0.717, 1.165) is 16.8 Å². The molecule has 4 nitrogen and oxygen atoms in total. The topological polar surface area (TPSA) is 47.3 Å². The summed E-state index contributed by atoms with van der Waals surface area (Å²) in [6.07, 6.45) is 1.17. The zero-order valence-corrected chi connectivity index (χ0v) is 11.0. The molecule has 0 saturated carbocycles. The number of aliphatic hydroxyl groups excluding tert-OH is 1. The minimum absolute atomic E-state index is 0.260. The molecule has 0 spiro atoms. The van der Waals surface area contributed by atoms with Crippen LogP contribution in [0, 0.1) is 0 Å². The zero-order chi connectivity index (χ0) is 13.8. The van der Waals surface area contributed by atoms with Gasteiger partial charge in [0, 0.05) is 0 Å². The van der Waals surface area contributed by atoms with E-state index < -0.39 is 6.10 Å². The van der Waals surface area contributed by atoms with Gasteiger partial charge in [0.15, 0.2) is 0 Å². The summed E-state index contributed by atoms with van der Waals surface area (Å²) in [5, 5.41) is 10.1. The largest absolute Gasteiger partial charge is 0.491 e. The number of aromatic nitrogens is 2. The number of hydrogen-bond donors (Lipinski definition) is 1. The predicted octanol–water partition coefficient (Wildman–Crippen LogP) is 2.48. The van der Waals surface area contributed by atoms with Crippen molar-refractivity contribution in [3.8, 4) is 5.75 Å². The summed E-state index contributed by atoms with van der Waals surface area (Å²) in [7, 11) is 0. The van der Waals surface area contributed by atoms with Crippen molar-refractivity contribution in [2.75, 3.05) is 6.61 Å². The molecule has 0 fully saturated rings. The van der Waals surface area contributed by atoms with Crippen LogP contribution in [-0.2, 0) is 6.54 Å². The summed E-state index contributed by atoms with van der Waals surface area (Å²) in [5.41, 5.74) is 1.95. The summed E-state index contributed by atoms with van der Waals surface area (Å²) in [6.45, 7) is 0.726. The molecular formula is C16H16N2O2. The fourth-order valence-corrected chi connectivity index (χ4v) is 2.14. The molecule has 0 bridgehead atoms. The van der Waals surface area contributed by atoms with Gasteiger partial charge in [-0.1, -0.05) is 30.3 Å². The van der Waals surface area contributed by atoms with Gasteiger partial charge in [0.25, 0.3) is 0 Å². The van der Waals surface area contributed by atoms with E-state index >= 15 is 0 Å². The molecule has 0 aliphatic heterocycles. The summed E-state index contributed by atoms with van der Waals surface area (Å²) >= 11 is 0. The Morgan fingerprint density at radius 3 is 2.65 bits per heavy atom. The molecule has 1 aromatic heterocycles. The second-order valence-corrected chi connectivity index (χ2v) is 4.66. The molecular weight excluding hydrogens is 252 g/mol. The van der Waals surface area contributed by atoms with E-state index in [4.69, 9.17) is 4.74 Å². The smallest absolute Gasteiger partial charge is 0.119 e. The van der Waals surface area contributed by atoms with Crippen molar-refractivity contribution in [2.45, 2.75) is 12.6 Å². The molecule has 2 aromatic carbocycles. The van der Waals surface area contributed by atoms with Crippen LogP contribution in [0.15, 0.2) is 60.9 Å². The number of para-hydroxylation sites is 3. The van der Waals surface area contributed by atoms with Gasteiger partial charge in [-0.15, -0.1) is 0 Å². The van der Waals surface area contributed by atoms with Crippen molar-refractivity contribution >= 4 is 11.0 Å².